The number of amides is 1. The number of hydrogen-bond donors (Lipinski definition) is 2. The highest BCUT2D eigenvalue weighted by molar-refractivity contribution is 9.10. The van der Waals surface area contributed by atoms with Crippen molar-refractivity contribution in [1.29, 1.82) is 0 Å². The summed E-state index contributed by atoms with van der Waals surface area (Å²) in [5.41, 5.74) is 3.37. The van der Waals surface area contributed by atoms with Crippen molar-refractivity contribution in [3.63, 3.8) is 0 Å². The molecule has 3 aromatic rings. The minimum absolute atomic E-state index is 0.245. The Morgan fingerprint density at radius 2 is 1.97 bits per heavy atom. The SMILES string of the molecule is CNC(=O)c1c2cc(C3CC3)c(N3CCNS3(=O)=O)cc2nn1-c1ccc(Br)cc1. The normalized spacial score (nSPS) is 18.1. The number of hydrogen-bond acceptors (Lipinski definition) is 4. The zero-order valence-corrected chi connectivity index (χ0v) is 18.6. The van der Waals surface area contributed by atoms with E-state index in [1.54, 1.807) is 17.8 Å². The molecule has 1 saturated heterocycles. The fourth-order valence-electron chi connectivity index (χ4n) is 3.91. The standard InChI is InChI=1S/C20H20BrN5O3S/c1-22-20(27)19-16-10-15(12-2-3-12)18(25-9-8-23-30(25,28)29)11-17(16)24-26(19)14-6-4-13(21)5-7-14/h4-7,10-12,23H,2-3,8-9H2,1H3,(H,22,27). The lowest BCUT2D eigenvalue weighted by Crippen LogP contribution is -2.30. The summed E-state index contributed by atoms with van der Waals surface area (Å²) < 4.78 is 31.5. The Morgan fingerprint density at radius 1 is 1.23 bits per heavy atom. The quantitative estimate of drug-likeness (QED) is 0.588. The molecule has 2 N–H and O–H groups in total. The molecule has 0 unspecified atom stereocenters. The lowest BCUT2D eigenvalue weighted by molar-refractivity contribution is 0.0957. The van der Waals surface area contributed by atoms with Gasteiger partial charge < -0.3 is 5.32 Å². The number of benzene rings is 2. The molecule has 5 rings (SSSR count). The van der Waals surface area contributed by atoms with E-state index in [4.69, 9.17) is 0 Å². The minimum Gasteiger partial charge on any atom is -0.354 e. The van der Waals surface area contributed by atoms with Crippen molar-refractivity contribution in [2.75, 3.05) is 24.4 Å². The molecule has 0 radical (unpaired) electrons. The maximum Gasteiger partial charge on any atom is 0.301 e. The Balaban J connectivity index is 1.77. The maximum atomic E-state index is 12.8. The highest BCUT2D eigenvalue weighted by Gasteiger charge is 2.35. The van der Waals surface area contributed by atoms with Crippen LogP contribution in [0.4, 0.5) is 5.69 Å². The van der Waals surface area contributed by atoms with E-state index in [-0.39, 0.29) is 5.91 Å². The van der Waals surface area contributed by atoms with Gasteiger partial charge in [0, 0.05) is 30.0 Å². The van der Waals surface area contributed by atoms with Crippen LogP contribution in [0.5, 0.6) is 0 Å². The highest BCUT2D eigenvalue weighted by Crippen LogP contribution is 2.46. The number of aromatic nitrogens is 2. The first kappa shape index (κ1) is 19.5. The van der Waals surface area contributed by atoms with Crippen LogP contribution in [0, 0.1) is 0 Å². The molecule has 1 amide bonds. The molecular weight excluding hydrogens is 470 g/mol. The first-order valence-corrected chi connectivity index (χ1v) is 11.9. The van der Waals surface area contributed by atoms with Crippen molar-refractivity contribution < 1.29 is 13.2 Å². The van der Waals surface area contributed by atoms with Gasteiger partial charge in [0.15, 0.2) is 0 Å². The maximum absolute atomic E-state index is 12.8. The van der Waals surface area contributed by atoms with Crippen molar-refractivity contribution in [3.05, 3.63) is 52.1 Å². The number of carbonyl (C=O) groups is 1. The molecule has 1 aliphatic carbocycles. The predicted molar refractivity (Wildman–Crippen MR) is 118 cm³/mol. The largest absolute Gasteiger partial charge is 0.354 e. The molecule has 1 aliphatic heterocycles. The van der Waals surface area contributed by atoms with Crippen LogP contribution in [-0.2, 0) is 10.2 Å². The number of nitrogens with one attached hydrogen (secondary N) is 2. The smallest absolute Gasteiger partial charge is 0.301 e. The van der Waals surface area contributed by atoms with Gasteiger partial charge in [0.25, 0.3) is 5.91 Å². The average Bonchev–Trinajstić information content (AvgIpc) is 3.42. The van der Waals surface area contributed by atoms with E-state index in [9.17, 15) is 13.2 Å². The Hall–Kier alpha value is -2.43. The highest BCUT2D eigenvalue weighted by atomic mass is 79.9. The average molecular weight is 490 g/mol. The van der Waals surface area contributed by atoms with Gasteiger partial charge in [-0.15, -0.1) is 0 Å². The number of anilines is 1. The second-order valence-corrected chi connectivity index (χ2v) is 10.1. The van der Waals surface area contributed by atoms with E-state index in [0.717, 1.165) is 28.6 Å². The van der Waals surface area contributed by atoms with Crippen LogP contribution in [0.2, 0.25) is 0 Å². The van der Waals surface area contributed by atoms with E-state index >= 15 is 0 Å². The molecule has 2 aliphatic rings. The summed E-state index contributed by atoms with van der Waals surface area (Å²) in [6.45, 7) is 0.755. The van der Waals surface area contributed by atoms with Gasteiger partial charge in [-0.2, -0.15) is 18.2 Å². The Labute approximate surface area is 182 Å². The van der Waals surface area contributed by atoms with Gasteiger partial charge in [-0.25, -0.2) is 4.68 Å². The summed E-state index contributed by atoms with van der Waals surface area (Å²) in [4.78, 5) is 12.8. The number of rotatable bonds is 4. The zero-order chi connectivity index (χ0) is 21.0. The third-order valence-electron chi connectivity index (χ3n) is 5.51. The van der Waals surface area contributed by atoms with E-state index in [2.05, 4.69) is 31.1 Å². The molecule has 1 aromatic heterocycles. The van der Waals surface area contributed by atoms with Crippen LogP contribution in [0.25, 0.3) is 16.6 Å². The topological polar surface area (TPSA) is 96.3 Å². The first-order valence-electron chi connectivity index (χ1n) is 9.71. The van der Waals surface area contributed by atoms with Gasteiger partial charge in [0.05, 0.1) is 16.9 Å². The molecule has 2 fully saturated rings. The van der Waals surface area contributed by atoms with E-state index in [1.807, 2.05) is 30.3 Å². The van der Waals surface area contributed by atoms with Gasteiger partial charge in [-0.1, -0.05) is 15.9 Å². The summed E-state index contributed by atoms with van der Waals surface area (Å²) in [7, 11) is -1.96. The molecule has 0 atom stereocenters. The number of carbonyl (C=O) groups excluding carboxylic acids is 1. The van der Waals surface area contributed by atoms with Crippen LogP contribution < -0.4 is 14.3 Å². The van der Waals surface area contributed by atoms with Crippen LogP contribution in [-0.4, -0.2) is 44.2 Å². The molecule has 2 heterocycles. The van der Waals surface area contributed by atoms with Crippen LogP contribution >= 0.6 is 15.9 Å². The zero-order valence-electron chi connectivity index (χ0n) is 16.2. The van der Waals surface area contributed by atoms with Crippen molar-refractivity contribution in [3.8, 4) is 5.69 Å². The lowest BCUT2D eigenvalue weighted by Gasteiger charge is -2.20. The van der Waals surface area contributed by atoms with E-state index in [1.165, 1.54) is 4.31 Å². The van der Waals surface area contributed by atoms with Gasteiger partial charge in [0.1, 0.15) is 5.69 Å². The first-order chi connectivity index (χ1) is 14.4. The van der Waals surface area contributed by atoms with Crippen molar-refractivity contribution in [2.45, 2.75) is 18.8 Å². The molecule has 0 spiro atoms. The Kier molecular flexibility index (Phi) is 4.60. The number of nitrogens with zero attached hydrogens (tertiary/aromatic N) is 3. The number of fused-ring (bicyclic) bond motifs is 1. The van der Waals surface area contributed by atoms with Gasteiger partial charge in [-0.3, -0.25) is 9.10 Å². The number of halogens is 1. The van der Waals surface area contributed by atoms with Crippen molar-refractivity contribution in [2.24, 2.45) is 0 Å². The van der Waals surface area contributed by atoms with Gasteiger partial charge >= 0.3 is 10.2 Å². The van der Waals surface area contributed by atoms with Crippen molar-refractivity contribution >= 4 is 48.6 Å². The molecule has 8 nitrogen and oxygen atoms in total. The Bertz CT molecular complexity index is 1270. The van der Waals surface area contributed by atoms with Gasteiger partial charge in [0.2, 0.25) is 0 Å². The predicted octanol–water partition coefficient (Wildman–Crippen LogP) is 2.68. The summed E-state index contributed by atoms with van der Waals surface area (Å²) in [5.74, 6) is 0.0548. The molecule has 2 aromatic carbocycles. The summed E-state index contributed by atoms with van der Waals surface area (Å²) in [5, 5.41) is 8.10. The molecule has 10 heteroatoms. The molecule has 156 valence electrons. The molecule has 1 saturated carbocycles. The second kappa shape index (κ2) is 7.07. The van der Waals surface area contributed by atoms with Crippen molar-refractivity contribution in [1.82, 2.24) is 19.8 Å². The molecular formula is C20H20BrN5O3S. The third kappa shape index (κ3) is 3.19. The van der Waals surface area contributed by atoms with Gasteiger partial charge in [-0.05, 0) is 60.7 Å². The van der Waals surface area contributed by atoms with E-state index in [0.29, 0.717) is 41.3 Å². The van der Waals surface area contributed by atoms with Crippen LogP contribution in [0.15, 0.2) is 40.9 Å². The van der Waals surface area contributed by atoms with Crippen LogP contribution in [0.1, 0.15) is 34.8 Å². The Morgan fingerprint density at radius 3 is 2.57 bits per heavy atom. The van der Waals surface area contributed by atoms with E-state index < -0.39 is 10.2 Å². The second-order valence-electron chi connectivity index (χ2n) is 7.49. The monoisotopic (exact) mass is 489 g/mol. The lowest BCUT2D eigenvalue weighted by atomic mass is 10.0. The van der Waals surface area contributed by atoms with Crippen LogP contribution in [0.3, 0.4) is 0 Å². The summed E-state index contributed by atoms with van der Waals surface area (Å²) >= 11 is 3.43. The summed E-state index contributed by atoms with van der Waals surface area (Å²) in [6, 6.07) is 11.3. The fourth-order valence-corrected chi connectivity index (χ4v) is 5.42. The molecule has 30 heavy (non-hydrogen) atoms. The minimum atomic E-state index is -3.55. The fraction of sp³-hybridized carbons (Fsp3) is 0.300. The molecule has 0 bridgehead atoms. The summed E-state index contributed by atoms with van der Waals surface area (Å²) in [6.07, 6.45) is 2.02. The third-order valence-corrected chi connectivity index (χ3v) is 7.57.